The first kappa shape index (κ1) is 19.2. The fourth-order valence-electron chi connectivity index (χ4n) is 1.56. The van der Waals surface area contributed by atoms with Crippen molar-refractivity contribution in [2.75, 3.05) is 13.1 Å². The number of hydrogen-bond acceptors (Lipinski definition) is 4. The second-order valence-electron chi connectivity index (χ2n) is 4.52. The molecule has 0 saturated heterocycles. The predicted molar refractivity (Wildman–Crippen MR) is 76.2 cm³/mol. The van der Waals surface area contributed by atoms with Gasteiger partial charge in [0.2, 0.25) is 15.9 Å². The molecule has 6 nitrogen and oxygen atoms in total. The summed E-state index contributed by atoms with van der Waals surface area (Å²) in [7, 11) is -3.90. The number of ether oxygens (including phenoxy) is 1. The molecule has 0 saturated carbocycles. The Hall–Kier alpha value is -1.81. The van der Waals surface area contributed by atoms with Gasteiger partial charge in [-0.05, 0) is 30.7 Å². The minimum atomic E-state index is -4.84. The zero-order chi connectivity index (χ0) is 17.5. The summed E-state index contributed by atoms with van der Waals surface area (Å²) in [5.74, 6) is -0.807. The Bertz CT molecular complexity index is 615. The molecule has 0 bridgehead atoms. The van der Waals surface area contributed by atoms with Crippen molar-refractivity contribution in [1.29, 1.82) is 0 Å². The number of nitrogens with one attached hydrogen (secondary N) is 2. The molecule has 0 aliphatic carbocycles. The lowest BCUT2D eigenvalue weighted by molar-refractivity contribution is -0.274. The minimum Gasteiger partial charge on any atom is -0.406 e. The number of carbonyl (C=O) groups is 1. The standard InChI is InChI=1S/C13H17F3N2O4S/c1-2-8-17-12(19)7-9-18-23(20,21)11-5-3-10(4-6-11)22-13(14,15)16/h3-6,18H,2,7-9H2,1H3,(H,17,19). The summed E-state index contributed by atoms with van der Waals surface area (Å²) in [4.78, 5) is 11.1. The van der Waals surface area contributed by atoms with Gasteiger partial charge in [-0.1, -0.05) is 6.92 Å². The molecule has 10 heteroatoms. The van der Waals surface area contributed by atoms with Gasteiger partial charge in [0.1, 0.15) is 5.75 Å². The van der Waals surface area contributed by atoms with E-state index in [1.165, 1.54) is 0 Å². The van der Waals surface area contributed by atoms with E-state index >= 15 is 0 Å². The molecule has 0 spiro atoms. The first-order valence-corrected chi connectivity index (χ1v) is 8.24. The normalized spacial score (nSPS) is 12.0. The molecule has 23 heavy (non-hydrogen) atoms. The summed E-state index contributed by atoms with van der Waals surface area (Å²) in [6, 6.07) is 3.77. The van der Waals surface area contributed by atoms with Crippen molar-refractivity contribution in [2.24, 2.45) is 0 Å². The number of halogens is 3. The maximum atomic E-state index is 12.0. The van der Waals surface area contributed by atoms with Crippen molar-refractivity contribution in [2.45, 2.75) is 31.0 Å². The SMILES string of the molecule is CCCNC(=O)CCNS(=O)(=O)c1ccc(OC(F)(F)F)cc1. The van der Waals surface area contributed by atoms with Crippen molar-refractivity contribution in [1.82, 2.24) is 10.0 Å². The highest BCUT2D eigenvalue weighted by molar-refractivity contribution is 7.89. The third kappa shape index (κ3) is 7.33. The van der Waals surface area contributed by atoms with Crippen molar-refractivity contribution in [3.63, 3.8) is 0 Å². The van der Waals surface area contributed by atoms with Gasteiger partial charge >= 0.3 is 6.36 Å². The van der Waals surface area contributed by atoms with Gasteiger partial charge in [0.15, 0.2) is 0 Å². The summed E-state index contributed by atoms with van der Waals surface area (Å²) >= 11 is 0. The predicted octanol–water partition coefficient (Wildman–Crippen LogP) is 1.78. The topological polar surface area (TPSA) is 84.5 Å². The van der Waals surface area contributed by atoms with Gasteiger partial charge in [-0.3, -0.25) is 4.79 Å². The maximum absolute atomic E-state index is 12.0. The Morgan fingerprint density at radius 2 is 1.78 bits per heavy atom. The number of benzene rings is 1. The van der Waals surface area contributed by atoms with Crippen LogP contribution in [0.4, 0.5) is 13.2 Å². The van der Waals surface area contributed by atoms with Crippen LogP contribution in [-0.4, -0.2) is 33.8 Å². The number of amides is 1. The molecule has 1 aromatic rings. The fourth-order valence-corrected chi connectivity index (χ4v) is 2.59. The highest BCUT2D eigenvalue weighted by Gasteiger charge is 2.31. The van der Waals surface area contributed by atoms with E-state index in [0.29, 0.717) is 6.54 Å². The monoisotopic (exact) mass is 354 g/mol. The summed E-state index contributed by atoms with van der Waals surface area (Å²) in [5.41, 5.74) is 0. The molecule has 130 valence electrons. The molecule has 0 radical (unpaired) electrons. The molecular weight excluding hydrogens is 337 g/mol. The second-order valence-corrected chi connectivity index (χ2v) is 6.28. The zero-order valence-corrected chi connectivity index (χ0v) is 13.1. The van der Waals surface area contributed by atoms with Gasteiger partial charge in [0.05, 0.1) is 4.90 Å². The number of sulfonamides is 1. The average Bonchev–Trinajstić information content (AvgIpc) is 2.43. The van der Waals surface area contributed by atoms with E-state index in [1.807, 2.05) is 6.92 Å². The van der Waals surface area contributed by atoms with Gasteiger partial charge in [-0.15, -0.1) is 13.2 Å². The van der Waals surface area contributed by atoms with E-state index in [4.69, 9.17) is 0 Å². The van der Waals surface area contributed by atoms with Crippen LogP contribution in [0.1, 0.15) is 19.8 Å². The summed E-state index contributed by atoms with van der Waals surface area (Å²) in [5, 5.41) is 2.59. The van der Waals surface area contributed by atoms with Crippen molar-refractivity contribution in [3.8, 4) is 5.75 Å². The lowest BCUT2D eigenvalue weighted by atomic mass is 10.3. The van der Waals surface area contributed by atoms with E-state index in [9.17, 15) is 26.4 Å². The van der Waals surface area contributed by atoms with Crippen molar-refractivity contribution in [3.05, 3.63) is 24.3 Å². The number of rotatable bonds is 8. The molecule has 1 rings (SSSR count). The maximum Gasteiger partial charge on any atom is 0.573 e. The number of carbonyl (C=O) groups excluding carboxylic acids is 1. The van der Waals surface area contributed by atoms with E-state index in [-0.39, 0.29) is 23.8 Å². The van der Waals surface area contributed by atoms with E-state index in [2.05, 4.69) is 14.8 Å². The first-order valence-electron chi connectivity index (χ1n) is 6.76. The zero-order valence-electron chi connectivity index (χ0n) is 12.3. The molecule has 0 aliphatic rings. The van der Waals surface area contributed by atoms with E-state index in [0.717, 1.165) is 30.7 Å². The summed E-state index contributed by atoms with van der Waals surface area (Å²) in [6.45, 7) is 2.28. The van der Waals surface area contributed by atoms with Crippen LogP contribution >= 0.6 is 0 Å². The molecular formula is C13H17F3N2O4S. The first-order chi connectivity index (χ1) is 10.6. The van der Waals surface area contributed by atoms with Gasteiger partial charge in [0, 0.05) is 19.5 Å². The van der Waals surface area contributed by atoms with Gasteiger partial charge in [-0.25, -0.2) is 13.1 Å². The van der Waals surface area contributed by atoms with Gasteiger partial charge < -0.3 is 10.1 Å². The highest BCUT2D eigenvalue weighted by atomic mass is 32.2. The Kier molecular flexibility index (Phi) is 6.82. The lowest BCUT2D eigenvalue weighted by Gasteiger charge is -2.10. The van der Waals surface area contributed by atoms with Crippen molar-refractivity contribution < 1.29 is 31.1 Å². The Balaban J connectivity index is 2.58. The summed E-state index contributed by atoms with van der Waals surface area (Å²) in [6.07, 6.45) is -4.11. The van der Waals surface area contributed by atoms with E-state index in [1.54, 1.807) is 0 Å². The van der Waals surface area contributed by atoms with Gasteiger partial charge in [0.25, 0.3) is 0 Å². The highest BCUT2D eigenvalue weighted by Crippen LogP contribution is 2.23. The van der Waals surface area contributed by atoms with Crippen LogP contribution in [0.2, 0.25) is 0 Å². The number of hydrogen-bond donors (Lipinski definition) is 2. The molecule has 0 unspecified atom stereocenters. The molecule has 0 atom stereocenters. The largest absolute Gasteiger partial charge is 0.573 e. The second kappa shape index (κ2) is 8.16. The molecule has 0 fully saturated rings. The smallest absolute Gasteiger partial charge is 0.406 e. The third-order valence-corrected chi connectivity index (χ3v) is 4.06. The Labute approximate surface area is 132 Å². The molecule has 2 N–H and O–H groups in total. The van der Waals surface area contributed by atoms with E-state index < -0.39 is 22.1 Å². The van der Waals surface area contributed by atoms with Crippen LogP contribution in [0.3, 0.4) is 0 Å². The van der Waals surface area contributed by atoms with Crippen LogP contribution in [-0.2, 0) is 14.8 Å². The molecule has 1 aromatic carbocycles. The minimum absolute atomic E-state index is 0.0332. The van der Waals surface area contributed by atoms with Gasteiger partial charge in [-0.2, -0.15) is 0 Å². The van der Waals surface area contributed by atoms with Crippen LogP contribution < -0.4 is 14.8 Å². The number of alkyl halides is 3. The third-order valence-electron chi connectivity index (χ3n) is 2.58. The quantitative estimate of drug-likeness (QED) is 0.745. The fraction of sp³-hybridized carbons (Fsp3) is 0.462. The Morgan fingerprint density at radius 1 is 1.17 bits per heavy atom. The molecule has 0 aliphatic heterocycles. The average molecular weight is 354 g/mol. The Morgan fingerprint density at radius 3 is 2.30 bits per heavy atom. The van der Waals surface area contributed by atoms with Crippen molar-refractivity contribution >= 4 is 15.9 Å². The summed E-state index contributed by atoms with van der Waals surface area (Å²) < 4.78 is 65.7. The lowest BCUT2D eigenvalue weighted by Crippen LogP contribution is -2.31. The molecule has 0 aromatic heterocycles. The molecule has 1 amide bonds. The van der Waals surface area contributed by atoms with Crippen LogP contribution in [0.5, 0.6) is 5.75 Å². The van der Waals surface area contributed by atoms with Crippen LogP contribution in [0, 0.1) is 0 Å². The van der Waals surface area contributed by atoms with Crippen LogP contribution in [0.15, 0.2) is 29.2 Å². The van der Waals surface area contributed by atoms with Crippen LogP contribution in [0.25, 0.3) is 0 Å². The molecule has 0 heterocycles.